The second kappa shape index (κ2) is 6.60. The summed E-state index contributed by atoms with van der Waals surface area (Å²) in [6.45, 7) is 3.56. The van der Waals surface area contributed by atoms with Crippen LogP contribution in [0.15, 0.2) is 0 Å². The second-order valence-corrected chi connectivity index (χ2v) is 6.24. The molecule has 23 heavy (non-hydrogen) atoms. The van der Waals surface area contributed by atoms with Gasteiger partial charge in [0.15, 0.2) is 5.79 Å². The van der Waals surface area contributed by atoms with Crippen molar-refractivity contribution in [3.05, 3.63) is 0 Å². The van der Waals surface area contributed by atoms with Crippen molar-refractivity contribution in [3.8, 4) is 0 Å². The lowest BCUT2D eigenvalue weighted by atomic mass is 9.89. The maximum atomic E-state index is 12.0. The van der Waals surface area contributed by atoms with E-state index in [0.717, 1.165) is 0 Å². The Kier molecular flexibility index (Phi) is 5.31. The van der Waals surface area contributed by atoms with Crippen LogP contribution in [0, 0.1) is 0 Å². The lowest BCUT2D eigenvalue weighted by Crippen LogP contribution is -2.66. The quantitative estimate of drug-likeness (QED) is 0.525. The van der Waals surface area contributed by atoms with E-state index in [1.54, 1.807) is 13.8 Å². The van der Waals surface area contributed by atoms with Crippen molar-refractivity contribution in [3.63, 3.8) is 0 Å². The third-order valence-corrected chi connectivity index (χ3v) is 4.20. The maximum Gasteiger partial charge on any atom is 0.366 e. The smallest absolute Gasteiger partial charge is 0.366 e. The van der Waals surface area contributed by atoms with E-state index in [2.05, 4.69) is 4.74 Å². The zero-order chi connectivity index (χ0) is 17.4. The van der Waals surface area contributed by atoms with Crippen LogP contribution in [0.5, 0.6) is 0 Å². The zero-order valence-corrected chi connectivity index (χ0v) is 13.7. The summed E-state index contributed by atoms with van der Waals surface area (Å²) in [5.74, 6) is -3.49. The predicted octanol–water partition coefficient (Wildman–Crippen LogP) is -1.51. The molecule has 4 N–H and O–H groups in total. The van der Waals surface area contributed by atoms with E-state index >= 15 is 0 Å². The van der Waals surface area contributed by atoms with E-state index in [1.165, 1.54) is 14.2 Å². The first kappa shape index (κ1) is 18.5. The van der Waals surface area contributed by atoms with Gasteiger partial charge in [0.1, 0.15) is 18.3 Å². The third kappa shape index (κ3) is 3.50. The number of hydrogen-bond acceptors (Lipinski definition) is 9. The van der Waals surface area contributed by atoms with Crippen molar-refractivity contribution < 1.29 is 38.7 Å². The Balaban J connectivity index is 2.20. The van der Waals surface area contributed by atoms with Gasteiger partial charge >= 0.3 is 5.97 Å². The highest BCUT2D eigenvalue weighted by molar-refractivity contribution is 5.78. The van der Waals surface area contributed by atoms with Gasteiger partial charge in [-0.3, -0.25) is 0 Å². The standard InChI is InChI=1S/C14H25NO8/c1-13(2)21-6-8(22-13)10(17)11-9(15)7(16)5-14(20-4,23-11)12(18)19-3/h7-11,16-17H,5-6,15H2,1-4H3. The van der Waals surface area contributed by atoms with Gasteiger partial charge in [-0.05, 0) is 13.8 Å². The van der Waals surface area contributed by atoms with Gasteiger partial charge in [0, 0.05) is 13.5 Å². The molecular weight excluding hydrogens is 310 g/mol. The number of aliphatic hydroxyl groups excluding tert-OH is 2. The van der Waals surface area contributed by atoms with E-state index in [0.29, 0.717) is 0 Å². The molecule has 0 aromatic heterocycles. The van der Waals surface area contributed by atoms with Gasteiger partial charge in [-0.15, -0.1) is 0 Å². The molecule has 2 heterocycles. The Labute approximate surface area is 134 Å². The van der Waals surface area contributed by atoms with Gasteiger partial charge in [0.25, 0.3) is 5.79 Å². The van der Waals surface area contributed by atoms with E-state index in [9.17, 15) is 15.0 Å². The molecule has 0 bridgehead atoms. The van der Waals surface area contributed by atoms with Crippen molar-refractivity contribution in [1.29, 1.82) is 0 Å². The van der Waals surface area contributed by atoms with Gasteiger partial charge in [-0.2, -0.15) is 0 Å². The Morgan fingerprint density at radius 3 is 2.48 bits per heavy atom. The molecule has 9 nitrogen and oxygen atoms in total. The van der Waals surface area contributed by atoms with Crippen LogP contribution in [-0.4, -0.2) is 79.0 Å². The largest absolute Gasteiger partial charge is 0.465 e. The molecule has 2 saturated heterocycles. The number of esters is 1. The minimum absolute atomic E-state index is 0.134. The van der Waals surface area contributed by atoms with Crippen LogP contribution in [-0.2, 0) is 28.5 Å². The number of hydrogen-bond donors (Lipinski definition) is 3. The maximum absolute atomic E-state index is 12.0. The lowest BCUT2D eigenvalue weighted by molar-refractivity contribution is -0.303. The van der Waals surface area contributed by atoms with Crippen LogP contribution in [0.3, 0.4) is 0 Å². The molecule has 0 aromatic rings. The summed E-state index contributed by atoms with van der Waals surface area (Å²) in [5.41, 5.74) is 5.94. The molecule has 0 aromatic carbocycles. The molecule has 2 aliphatic heterocycles. The van der Waals surface area contributed by atoms with Gasteiger partial charge in [-0.1, -0.05) is 0 Å². The number of methoxy groups -OCH3 is 2. The normalized spacial score (nSPS) is 41.5. The number of carbonyl (C=O) groups is 1. The minimum Gasteiger partial charge on any atom is -0.465 e. The highest BCUT2D eigenvalue weighted by Gasteiger charge is 2.55. The highest BCUT2D eigenvalue weighted by Crippen LogP contribution is 2.35. The molecule has 0 spiro atoms. The number of rotatable bonds is 4. The summed E-state index contributed by atoms with van der Waals surface area (Å²) in [6.07, 6.45) is -4.36. The SMILES string of the molecule is COC(=O)C1(OC)CC(O)C(N)C(C(O)C2COC(C)(C)O2)O1. The average Bonchev–Trinajstić information content (AvgIpc) is 2.88. The summed E-state index contributed by atoms with van der Waals surface area (Å²) in [4.78, 5) is 12.0. The van der Waals surface area contributed by atoms with Crippen molar-refractivity contribution in [2.75, 3.05) is 20.8 Å². The summed E-state index contributed by atoms with van der Waals surface area (Å²) in [7, 11) is 2.43. The molecule has 2 fully saturated rings. The molecule has 6 unspecified atom stereocenters. The van der Waals surface area contributed by atoms with Gasteiger partial charge < -0.3 is 39.6 Å². The molecule has 2 rings (SSSR count). The number of carbonyl (C=O) groups excluding carboxylic acids is 1. The second-order valence-electron chi connectivity index (χ2n) is 6.24. The van der Waals surface area contributed by atoms with Crippen molar-refractivity contribution in [2.24, 2.45) is 5.73 Å². The fourth-order valence-corrected chi connectivity index (χ4v) is 2.87. The van der Waals surface area contributed by atoms with Gasteiger partial charge in [0.2, 0.25) is 0 Å². The van der Waals surface area contributed by atoms with E-state index < -0.39 is 48.0 Å². The van der Waals surface area contributed by atoms with Gasteiger partial charge in [0.05, 0.1) is 25.9 Å². The molecule has 0 saturated carbocycles. The summed E-state index contributed by atoms with van der Waals surface area (Å²) in [5, 5.41) is 20.7. The topological polar surface area (TPSA) is 130 Å². The zero-order valence-electron chi connectivity index (χ0n) is 13.7. The summed E-state index contributed by atoms with van der Waals surface area (Å²) in [6, 6.07) is -0.926. The van der Waals surface area contributed by atoms with Crippen LogP contribution in [0.25, 0.3) is 0 Å². The average molecular weight is 335 g/mol. The Bertz CT molecular complexity index is 444. The molecule has 0 radical (unpaired) electrons. The van der Waals surface area contributed by atoms with E-state index in [-0.39, 0.29) is 13.0 Å². The van der Waals surface area contributed by atoms with Gasteiger partial charge in [-0.25, -0.2) is 4.79 Å². The summed E-state index contributed by atoms with van der Waals surface area (Å²) < 4.78 is 26.4. The molecule has 0 aliphatic carbocycles. The number of aliphatic hydroxyl groups is 2. The monoisotopic (exact) mass is 335 g/mol. The van der Waals surface area contributed by atoms with E-state index in [4.69, 9.17) is 24.7 Å². The Morgan fingerprint density at radius 1 is 1.35 bits per heavy atom. The third-order valence-electron chi connectivity index (χ3n) is 4.20. The van der Waals surface area contributed by atoms with Crippen molar-refractivity contribution in [2.45, 2.75) is 62.3 Å². The van der Waals surface area contributed by atoms with Crippen LogP contribution in [0.4, 0.5) is 0 Å². The summed E-state index contributed by atoms with van der Waals surface area (Å²) >= 11 is 0. The van der Waals surface area contributed by atoms with E-state index in [1.807, 2.05) is 0 Å². The first-order valence-electron chi connectivity index (χ1n) is 7.40. The van der Waals surface area contributed by atoms with Crippen LogP contribution in [0.1, 0.15) is 20.3 Å². The van der Waals surface area contributed by atoms with Crippen LogP contribution in [0.2, 0.25) is 0 Å². The first-order chi connectivity index (χ1) is 10.7. The fourth-order valence-electron chi connectivity index (χ4n) is 2.87. The van der Waals surface area contributed by atoms with Crippen LogP contribution < -0.4 is 5.73 Å². The Hall–Kier alpha value is -0.810. The van der Waals surface area contributed by atoms with Crippen molar-refractivity contribution >= 4 is 5.97 Å². The molecule has 0 amide bonds. The predicted molar refractivity (Wildman–Crippen MR) is 76.1 cm³/mol. The molecule has 2 aliphatic rings. The van der Waals surface area contributed by atoms with Crippen LogP contribution >= 0.6 is 0 Å². The first-order valence-corrected chi connectivity index (χ1v) is 7.40. The number of ether oxygens (including phenoxy) is 5. The lowest BCUT2D eigenvalue weighted by Gasteiger charge is -2.45. The molecule has 6 atom stereocenters. The fraction of sp³-hybridized carbons (Fsp3) is 0.929. The molecule has 134 valence electrons. The Morgan fingerprint density at radius 2 is 2.00 bits per heavy atom. The number of nitrogens with two attached hydrogens (primary N) is 1. The molecular formula is C14H25NO8. The minimum atomic E-state index is -1.83. The molecule has 9 heteroatoms. The van der Waals surface area contributed by atoms with Crippen molar-refractivity contribution in [1.82, 2.24) is 0 Å². The highest BCUT2D eigenvalue weighted by atomic mass is 16.8.